The van der Waals surface area contributed by atoms with Crippen molar-refractivity contribution >= 4 is 21.5 Å². The van der Waals surface area contributed by atoms with Gasteiger partial charge in [0.25, 0.3) is 5.91 Å². The number of benzene rings is 1. The second kappa shape index (κ2) is 5.55. The molecule has 0 heterocycles. The Balaban J connectivity index is 1.82. The second-order valence-electron chi connectivity index (χ2n) is 6.95. The first-order chi connectivity index (χ1) is 11.4. The predicted octanol–water partition coefficient (Wildman–Crippen LogP) is 2.35. The molecule has 0 radical (unpaired) electrons. The zero-order valence-electron chi connectivity index (χ0n) is 13.3. The lowest BCUT2D eigenvalue weighted by molar-refractivity contribution is -0.139. The Hall–Kier alpha value is -1.90. The van der Waals surface area contributed by atoms with Crippen LogP contribution in [0.2, 0.25) is 0 Å². The van der Waals surface area contributed by atoms with Crippen molar-refractivity contribution in [2.45, 2.75) is 42.8 Å². The molecular weight excluding hydrogens is 359 g/mol. The molecule has 2 saturated carbocycles. The molecule has 1 N–H and O–H groups in total. The molecule has 0 aliphatic heterocycles. The van der Waals surface area contributed by atoms with Crippen LogP contribution in [-0.2, 0) is 20.8 Å². The number of alkyl halides is 3. The van der Waals surface area contributed by atoms with Crippen molar-refractivity contribution in [2.24, 2.45) is 5.41 Å². The molecule has 0 atom stereocenters. The Morgan fingerprint density at radius 2 is 1.84 bits per heavy atom. The van der Waals surface area contributed by atoms with Gasteiger partial charge < -0.3 is 5.32 Å². The van der Waals surface area contributed by atoms with E-state index < -0.39 is 37.9 Å². The summed E-state index contributed by atoms with van der Waals surface area (Å²) in [5, 5.41) is 2.58. The first-order valence-electron chi connectivity index (χ1n) is 7.64. The van der Waals surface area contributed by atoms with E-state index in [9.17, 15) is 31.2 Å². The number of rotatable bonds is 3. The molecule has 25 heavy (non-hydrogen) atoms. The van der Waals surface area contributed by atoms with Crippen LogP contribution in [0.1, 0.15) is 41.6 Å². The van der Waals surface area contributed by atoms with Gasteiger partial charge in [0, 0.05) is 25.1 Å². The number of hydrogen-bond donors (Lipinski definition) is 1. The van der Waals surface area contributed by atoms with E-state index >= 15 is 0 Å². The van der Waals surface area contributed by atoms with Gasteiger partial charge in [0.1, 0.15) is 5.78 Å². The molecule has 3 rings (SSSR count). The highest BCUT2D eigenvalue weighted by Gasteiger charge is 2.53. The molecule has 9 heteroatoms. The van der Waals surface area contributed by atoms with Crippen molar-refractivity contribution < 1.29 is 31.2 Å². The van der Waals surface area contributed by atoms with Crippen LogP contribution in [0.5, 0.6) is 0 Å². The largest absolute Gasteiger partial charge is 0.416 e. The van der Waals surface area contributed by atoms with Gasteiger partial charge in [-0.2, -0.15) is 13.2 Å². The lowest BCUT2D eigenvalue weighted by Gasteiger charge is -2.52. The summed E-state index contributed by atoms with van der Waals surface area (Å²) in [6.45, 7) is 0. The average Bonchev–Trinajstić information content (AvgIpc) is 2.40. The number of ketones is 1. The fourth-order valence-corrected chi connectivity index (χ4v) is 4.50. The zero-order chi connectivity index (χ0) is 18.6. The van der Waals surface area contributed by atoms with Crippen molar-refractivity contribution in [1.29, 1.82) is 0 Å². The first-order valence-corrected chi connectivity index (χ1v) is 9.53. The van der Waals surface area contributed by atoms with Crippen LogP contribution in [0.15, 0.2) is 23.1 Å². The molecule has 2 aliphatic carbocycles. The molecule has 0 bridgehead atoms. The molecule has 2 fully saturated rings. The van der Waals surface area contributed by atoms with Gasteiger partial charge in [-0.1, -0.05) is 0 Å². The molecule has 1 amide bonds. The summed E-state index contributed by atoms with van der Waals surface area (Å²) >= 11 is 0. The Labute approximate surface area is 142 Å². The molecule has 0 aromatic heterocycles. The molecule has 0 unspecified atom stereocenters. The number of hydrogen-bond acceptors (Lipinski definition) is 4. The third-order valence-corrected chi connectivity index (χ3v) is 5.94. The summed E-state index contributed by atoms with van der Waals surface area (Å²) in [5.74, 6) is -0.681. The lowest BCUT2D eigenvalue weighted by Crippen LogP contribution is -2.56. The Morgan fingerprint density at radius 1 is 1.24 bits per heavy atom. The number of carbonyl (C=O) groups is 2. The van der Waals surface area contributed by atoms with Crippen molar-refractivity contribution in [3.63, 3.8) is 0 Å². The molecule has 1 aromatic carbocycles. The van der Waals surface area contributed by atoms with E-state index in [-0.39, 0.29) is 17.2 Å². The van der Waals surface area contributed by atoms with Gasteiger partial charge in [-0.25, -0.2) is 8.42 Å². The Morgan fingerprint density at radius 3 is 2.32 bits per heavy atom. The zero-order valence-corrected chi connectivity index (χ0v) is 14.1. The van der Waals surface area contributed by atoms with Crippen molar-refractivity contribution in [2.75, 3.05) is 6.26 Å². The third-order valence-electron chi connectivity index (χ3n) is 4.79. The molecule has 0 saturated heterocycles. The second-order valence-corrected chi connectivity index (χ2v) is 8.94. The minimum atomic E-state index is -4.68. The first kappa shape index (κ1) is 17.9. The smallest absolute Gasteiger partial charge is 0.349 e. The van der Waals surface area contributed by atoms with Crippen molar-refractivity contribution in [3.05, 3.63) is 29.3 Å². The number of Topliss-reactive ketones (excluding diaryl/α,β-unsaturated/α-hetero) is 1. The minimum Gasteiger partial charge on any atom is -0.349 e. The summed E-state index contributed by atoms with van der Waals surface area (Å²) in [4.78, 5) is 23.0. The number of halogens is 3. The van der Waals surface area contributed by atoms with Gasteiger partial charge in [0.05, 0.1) is 16.0 Å². The summed E-state index contributed by atoms with van der Waals surface area (Å²) in [7, 11) is -3.86. The monoisotopic (exact) mass is 375 g/mol. The lowest BCUT2D eigenvalue weighted by atomic mass is 9.53. The highest BCUT2D eigenvalue weighted by molar-refractivity contribution is 7.90. The fourth-order valence-electron chi connectivity index (χ4n) is 3.63. The van der Waals surface area contributed by atoms with Gasteiger partial charge in [-0.05, 0) is 36.5 Å². The van der Waals surface area contributed by atoms with Crippen LogP contribution in [-0.4, -0.2) is 32.4 Å². The standard InChI is InChI=1S/C16H16F3NO4S/c1-25(23,24)13-3-2-9(16(17,18)19)4-12(13)14(22)20-10-5-15(6-10)7-11(21)8-15/h2-4,10H,5-8H2,1H3,(H,20,22). The van der Waals surface area contributed by atoms with Gasteiger partial charge in [0.2, 0.25) is 0 Å². The summed E-state index contributed by atoms with van der Waals surface area (Å²) in [5.41, 5.74) is -1.68. The van der Waals surface area contributed by atoms with E-state index in [4.69, 9.17) is 0 Å². The Bertz CT molecular complexity index is 845. The molecule has 2 aliphatic rings. The van der Waals surface area contributed by atoms with E-state index in [1.807, 2.05) is 0 Å². The molecule has 5 nitrogen and oxygen atoms in total. The van der Waals surface area contributed by atoms with Gasteiger partial charge in [-0.15, -0.1) is 0 Å². The highest BCUT2D eigenvalue weighted by Crippen LogP contribution is 2.54. The molecule has 1 spiro atoms. The molecular formula is C16H16F3NO4S. The maximum absolute atomic E-state index is 12.9. The van der Waals surface area contributed by atoms with Crippen LogP contribution in [0.25, 0.3) is 0 Å². The summed E-state index contributed by atoms with van der Waals surface area (Å²) in [6.07, 6.45) is -1.74. The maximum atomic E-state index is 12.9. The quantitative estimate of drug-likeness (QED) is 0.880. The molecule has 136 valence electrons. The average molecular weight is 375 g/mol. The van der Waals surface area contributed by atoms with E-state index in [0.29, 0.717) is 37.8 Å². The normalized spacial score (nSPS) is 20.1. The predicted molar refractivity (Wildman–Crippen MR) is 81.7 cm³/mol. The van der Waals surface area contributed by atoms with Crippen LogP contribution < -0.4 is 5.32 Å². The van der Waals surface area contributed by atoms with Crippen LogP contribution in [0.3, 0.4) is 0 Å². The maximum Gasteiger partial charge on any atom is 0.416 e. The topological polar surface area (TPSA) is 80.3 Å². The highest BCUT2D eigenvalue weighted by atomic mass is 32.2. The summed E-state index contributed by atoms with van der Waals surface area (Å²) in [6, 6.07) is 1.75. The van der Waals surface area contributed by atoms with Gasteiger partial charge in [-0.3, -0.25) is 9.59 Å². The number of amides is 1. The van der Waals surface area contributed by atoms with Gasteiger partial charge in [0.15, 0.2) is 9.84 Å². The van der Waals surface area contributed by atoms with E-state index in [1.54, 1.807) is 0 Å². The van der Waals surface area contributed by atoms with E-state index in [1.165, 1.54) is 0 Å². The summed E-state index contributed by atoms with van der Waals surface area (Å²) < 4.78 is 62.2. The fraction of sp³-hybridized carbons (Fsp3) is 0.500. The van der Waals surface area contributed by atoms with Gasteiger partial charge >= 0.3 is 6.18 Å². The minimum absolute atomic E-state index is 0.0808. The Kier molecular flexibility index (Phi) is 3.98. The molecule has 1 aromatic rings. The van der Waals surface area contributed by atoms with Crippen molar-refractivity contribution in [3.8, 4) is 0 Å². The number of sulfone groups is 1. The van der Waals surface area contributed by atoms with Crippen LogP contribution in [0, 0.1) is 5.41 Å². The van der Waals surface area contributed by atoms with E-state index in [2.05, 4.69) is 5.32 Å². The third kappa shape index (κ3) is 3.42. The number of nitrogens with one attached hydrogen (secondary N) is 1. The van der Waals surface area contributed by atoms with Crippen LogP contribution >= 0.6 is 0 Å². The van der Waals surface area contributed by atoms with Crippen molar-refractivity contribution in [1.82, 2.24) is 5.32 Å². The van der Waals surface area contributed by atoms with Crippen LogP contribution in [0.4, 0.5) is 13.2 Å². The SMILES string of the molecule is CS(=O)(=O)c1ccc(C(F)(F)F)cc1C(=O)NC1CC2(CC(=O)C2)C1. The van der Waals surface area contributed by atoms with E-state index in [0.717, 1.165) is 12.3 Å². The number of carbonyl (C=O) groups excluding carboxylic acids is 2.